The molecule has 0 radical (unpaired) electrons. The average molecular weight is 167 g/mol. The van der Waals surface area contributed by atoms with Gasteiger partial charge in [0.25, 0.3) is 0 Å². The fourth-order valence-electron chi connectivity index (χ4n) is 2.86. The maximum atomic E-state index is 11.5. The van der Waals surface area contributed by atoms with Gasteiger partial charge in [-0.3, -0.25) is 4.79 Å². The van der Waals surface area contributed by atoms with Crippen molar-refractivity contribution in [2.75, 3.05) is 6.54 Å². The van der Waals surface area contributed by atoms with Gasteiger partial charge < -0.3 is 5.32 Å². The number of carbonyl (C=O) groups excluding carboxylic acids is 1. The van der Waals surface area contributed by atoms with Crippen LogP contribution in [-0.2, 0) is 4.79 Å². The molecule has 0 aromatic rings. The van der Waals surface area contributed by atoms with Gasteiger partial charge in [-0.25, -0.2) is 0 Å². The standard InChI is InChI=1S/C10H17NO/c1-6-3-4-8-7(2)5-11-10(12)9(6)8/h6-9H,3-5H2,1-2H3,(H,11,12)/t6-,7?,8?,9?/m0/s1. The van der Waals surface area contributed by atoms with E-state index in [0.717, 1.165) is 6.54 Å². The van der Waals surface area contributed by atoms with E-state index in [1.807, 2.05) is 0 Å². The predicted molar refractivity (Wildman–Crippen MR) is 47.6 cm³/mol. The Kier molecular flexibility index (Phi) is 1.85. The first kappa shape index (κ1) is 8.09. The van der Waals surface area contributed by atoms with Crippen LogP contribution in [0.2, 0.25) is 0 Å². The van der Waals surface area contributed by atoms with Crippen molar-refractivity contribution < 1.29 is 4.79 Å². The zero-order valence-corrected chi connectivity index (χ0v) is 7.84. The second kappa shape index (κ2) is 2.75. The highest BCUT2D eigenvalue weighted by Gasteiger charge is 2.43. The van der Waals surface area contributed by atoms with Gasteiger partial charge >= 0.3 is 0 Å². The third-order valence-corrected chi connectivity index (χ3v) is 3.66. The van der Waals surface area contributed by atoms with Gasteiger partial charge in [-0.05, 0) is 30.6 Å². The van der Waals surface area contributed by atoms with Crippen molar-refractivity contribution in [2.24, 2.45) is 23.7 Å². The van der Waals surface area contributed by atoms with E-state index in [9.17, 15) is 4.79 Å². The third kappa shape index (κ3) is 1.05. The lowest BCUT2D eigenvalue weighted by molar-refractivity contribution is -0.130. The average Bonchev–Trinajstić information content (AvgIpc) is 2.42. The molecule has 3 unspecified atom stereocenters. The maximum Gasteiger partial charge on any atom is 0.223 e. The van der Waals surface area contributed by atoms with Crippen molar-refractivity contribution in [3.8, 4) is 0 Å². The van der Waals surface area contributed by atoms with Crippen LogP contribution in [0, 0.1) is 23.7 Å². The van der Waals surface area contributed by atoms with E-state index in [2.05, 4.69) is 19.2 Å². The Morgan fingerprint density at radius 3 is 2.67 bits per heavy atom. The lowest BCUT2D eigenvalue weighted by Gasteiger charge is -2.32. The SMILES string of the molecule is CC1CNC(=O)C2C1CC[C@@H]2C. The summed E-state index contributed by atoms with van der Waals surface area (Å²) in [6, 6.07) is 0. The fraction of sp³-hybridized carbons (Fsp3) is 0.900. The van der Waals surface area contributed by atoms with E-state index < -0.39 is 0 Å². The van der Waals surface area contributed by atoms with Crippen LogP contribution < -0.4 is 5.32 Å². The molecule has 1 heterocycles. The molecule has 2 rings (SSSR count). The van der Waals surface area contributed by atoms with Crippen LogP contribution in [0.15, 0.2) is 0 Å². The molecular weight excluding hydrogens is 150 g/mol. The molecule has 1 aliphatic carbocycles. The Bertz CT molecular complexity index is 202. The van der Waals surface area contributed by atoms with E-state index in [0.29, 0.717) is 29.6 Å². The lowest BCUT2D eigenvalue weighted by atomic mass is 9.79. The summed E-state index contributed by atoms with van der Waals surface area (Å²) in [6.07, 6.45) is 2.51. The van der Waals surface area contributed by atoms with Gasteiger partial charge in [-0.1, -0.05) is 13.8 Å². The van der Waals surface area contributed by atoms with E-state index in [4.69, 9.17) is 0 Å². The molecule has 1 saturated carbocycles. The van der Waals surface area contributed by atoms with Gasteiger partial charge in [0, 0.05) is 12.5 Å². The minimum Gasteiger partial charge on any atom is -0.356 e. The molecule has 12 heavy (non-hydrogen) atoms. The third-order valence-electron chi connectivity index (χ3n) is 3.66. The van der Waals surface area contributed by atoms with E-state index >= 15 is 0 Å². The van der Waals surface area contributed by atoms with Crippen LogP contribution in [-0.4, -0.2) is 12.5 Å². The van der Waals surface area contributed by atoms with Crippen molar-refractivity contribution >= 4 is 5.91 Å². The van der Waals surface area contributed by atoms with Crippen molar-refractivity contribution in [1.82, 2.24) is 5.32 Å². The molecule has 1 N–H and O–H groups in total. The van der Waals surface area contributed by atoms with Crippen molar-refractivity contribution in [1.29, 1.82) is 0 Å². The fourth-order valence-corrected chi connectivity index (χ4v) is 2.86. The molecule has 1 saturated heterocycles. The molecule has 2 aliphatic rings. The topological polar surface area (TPSA) is 29.1 Å². The number of nitrogens with one attached hydrogen (secondary N) is 1. The van der Waals surface area contributed by atoms with Crippen LogP contribution in [0.1, 0.15) is 26.7 Å². The summed E-state index contributed by atoms with van der Waals surface area (Å²) in [5.41, 5.74) is 0. The number of carbonyl (C=O) groups is 1. The first-order valence-corrected chi connectivity index (χ1v) is 4.98. The number of hydrogen-bond donors (Lipinski definition) is 1. The molecule has 68 valence electrons. The molecule has 1 aliphatic heterocycles. The van der Waals surface area contributed by atoms with Crippen LogP contribution in [0.5, 0.6) is 0 Å². The quantitative estimate of drug-likeness (QED) is 0.580. The zero-order chi connectivity index (χ0) is 8.72. The monoisotopic (exact) mass is 167 g/mol. The highest BCUT2D eigenvalue weighted by molar-refractivity contribution is 5.80. The molecule has 0 bridgehead atoms. The first-order valence-electron chi connectivity index (χ1n) is 4.98. The molecule has 0 aromatic heterocycles. The van der Waals surface area contributed by atoms with E-state index in [1.165, 1.54) is 12.8 Å². The van der Waals surface area contributed by atoms with Crippen LogP contribution in [0.25, 0.3) is 0 Å². The van der Waals surface area contributed by atoms with Gasteiger partial charge in [0.05, 0.1) is 0 Å². The van der Waals surface area contributed by atoms with Crippen LogP contribution >= 0.6 is 0 Å². The lowest BCUT2D eigenvalue weighted by Crippen LogP contribution is -2.46. The highest BCUT2D eigenvalue weighted by atomic mass is 16.2. The van der Waals surface area contributed by atoms with E-state index in [1.54, 1.807) is 0 Å². The molecule has 2 heteroatoms. The van der Waals surface area contributed by atoms with Gasteiger partial charge in [0.2, 0.25) is 5.91 Å². The summed E-state index contributed by atoms with van der Waals surface area (Å²) in [5.74, 6) is 2.61. The largest absolute Gasteiger partial charge is 0.356 e. The summed E-state index contributed by atoms with van der Waals surface area (Å²) >= 11 is 0. The molecule has 2 fully saturated rings. The summed E-state index contributed by atoms with van der Waals surface area (Å²) in [4.78, 5) is 11.5. The molecule has 2 nitrogen and oxygen atoms in total. The number of amides is 1. The van der Waals surface area contributed by atoms with Gasteiger partial charge in [0.15, 0.2) is 0 Å². The maximum absolute atomic E-state index is 11.5. The smallest absolute Gasteiger partial charge is 0.223 e. The minimum absolute atomic E-state index is 0.308. The summed E-state index contributed by atoms with van der Waals surface area (Å²) in [7, 11) is 0. The number of piperidine rings is 1. The van der Waals surface area contributed by atoms with Gasteiger partial charge in [-0.2, -0.15) is 0 Å². The highest BCUT2D eigenvalue weighted by Crippen LogP contribution is 2.42. The van der Waals surface area contributed by atoms with E-state index in [-0.39, 0.29) is 0 Å². The van der Waals surface area contributed by atoms with Crippen LogP contribution in [0.3, 0.4) is 0 Å². The predicted octanol–water partition coefficient (Wildman–Crippen LogP) is 1.41. The second-order valence-electron chi connectivity index (χ2n) is 4.47. The Balaban J connectivity index is 2.18. The Hall–Kier alpha value is -0.530. The molecule has 1 amide bonds. The first-order chi connectivity index (χ1) is 5.70. The summed E-state index contributed by atoms with van der Waals surface area (Å²) in [6.45, 7) is 5.37. The normalized spacial score (nSPS) is 47.0. The molecule has 4 atom stereocenters. The summed E-state index contributed by atoms with van der Waals surface area (Å²) in [5, 5.41) is 2.99. The van der Waals surface area contributed by atoms with Crippen LogP contribution in [0.4, 0.5) is 0 Å². The molecular formula is C10H17NO. The van der Waals surface area contributed by atoms with Gasteiger partial charge in [0.1, 0.15) is 0 Å². The number of fused-ring (bicyclic) bond motifs is 1. The minimum atomic E-state index is 0.308. The molecule has 0 spiro atoms. The molecule has 0 aromatic carbocycles. The summed E-state index contributed by atoms with van der Waals surface area (Å²) < 4.78 is 0. The van der Waals surface area contributed by atoms with Crippen molar-refractivity contribution in [3.63, 3.8) is 0 Å². The Labute approximate surface area is 73.7 Å². The van der Waals surface area contributed by atoms with Crippen molar-refractivity contribution in [3.05, 3.63) is 0 Å². The van der Waals surface area contributed by atoms with Gasteiger partial charge in [-0.15, -0.1) is 0 Å². The zero-order valence-electron chi connectivity index (χ0n) is 7.84. The van der Waals surface area contributed by atoms with Crippen molar-refractivity contribution in [2.45, 2.75) is 26.7 Å². The second-order valence-corrected chi connectivity index (χ2v) is 4.47. The number of hydrogen-bond acceptors (Lipinski definition) is 1. The Morgan fingerprint density at radius 2 is 2.00 bits per heavy atom. The number of rotatable bonds is 0. The Morgan fingerprint density at radius 1 is 1.25 bits per heavy atom.